The summed E-state index contributed by atoms with van der Waals surface area (Å²) in [7, 11) is 0. The minimum atomic E-state index is -0.137. The van der Waals surface area contributed by atoms with Crippen LogP contribution >= 0.6 is 23.2 Å². The summed E-state index contributed by atoms with van der Waals surface area (Å²) in [5.74, 6) is 1.49. The van der Waals surface area contributed by atoms with Crippen LogP contribution in [-0.2, 0) is 13.1 Å². The Hall–Kier alpha value is -2.79. The van der Waals surface area contributed by atoms with E-state index in [0.29, 0.717) is 34.6 Å². The molecule has 6 heteroatoms. The second-order valence-corrected chi connectivity index (χ2v) is 9.05. The first-order chi connectivity index (χ1) is 15.4. The molecule has 0 unspecified atom stereocenters. The van der Waals surface area contributed by atoms with Crippen LogP contribution in [0.15, 0.2) is 54.3 Å². The summed E-state index contributed by atoms with van der Waals surface area (Å²) in [6, 6.07) is 15.6. The van der Waals surface area contributed by atoms with E-state index in [1.807, 2.05) is 13.0 Å². The molecule has 0 atom stereocenters. The zero-order chi connectivity index (χ0) is 22.4. The van der Waals surface area contributed by atoms with Crippen molar-refractivity contribution >= 4 is 35.1 Å². The van der Waals surface area contributed by atoms with Gasteiger partial charge in [-0.25, -0.2) is 0 Å². The Morgan fingerprint density at radius 3 is 2.56 bits per heavy atom. The summed E-state index contributed by atoms with van der Waals surface area (Å²) in [4.78, 5) is 15.3. The van der Waals surface area contributed by atoms with Crippen molar-refractivity contribution in [3.05, 3.63) is 97.7 Å². The van der Waals surface area contributed by atoms with Crippen LogP contribution in [0.5, 0.6) is 11.5 Å². The van der Waals surface area contributed by atoms with Crippen molar-refractivity contribution in [1.82, 2.24) is 4.90 Å². The molecule has 0 radical (unpaired) electrons. The number of hydrogen-bond acceptors (Lipinski definition) is 4. The zero-order valence-electron chi connectivity index (χ0n) is 17.7. The maximum atomic E-state index is 13.2. The Morgan fingerprint density at radius 2 is 1.81 bits per heavy atom. The van der Waals surface area contributed by atoms with Crippen LogP contribution in [0.3, 0.4) is 0 Å². The van der Waals surface area contributed by atoms with Crippen molar-refractivity contribution in [2.75, 3.05) is 6.73 Å². The van der Waals surface area contributed by atoms with E-state index in [9.17, 15) is 4.79 Å². The molecule has 0 amide bonds. The Kier molecular flexibility index (Phi) is 5.46. The van der Waals surface area contributed by atoms with Crippen LogP contribution in [0.1, 0.15) is 38.2 Å². The van der Waals surface area contributed by atoms with Gasteiger partial charge in [-0.3, -0.25) is 9.69 Å². The van der Waals surface area contributed by atoms with Crippen molar-refractivity contribution in [3.8, 4) is 11.5 Å². The number of carbonyl (C=O) groups is 1. The van der Waals surface area contributed by atoms with Gasteiger partial charge in [-0.1, -0.05) is 59.1 Å². The molecule has 0 fully saturated rings. The van der Waals surface area contributed by atoms with E-state index in [4.69, 9.17) is 32.7 Å². The van der Waals surface area contributed by atoms with Gasteiger partial charge in [0, 0.05) is 13.1 Å². The van der Waals surface area contributed by atoms with Gasteiger partial charge in [0.25, 0.3) is 0 Å². The molecule has 4 nitrogen and oxygen atoms in total. The van der Waals surface area contributed by atoms with E-state index in [-0.39, 0.29) is 11.5 Å². The third-order valence-corrected chi connectivity index (χ3v) is 6.49. The molecule has 0 aliphatic carbocycles. The van der Waals surface area contributed by atoms with Crippen LogP contribution in [0, 0.1) is 13.8 Å². The highest BCUT2D eigenvalue weighted by Crippen LogP contribution is 2.44. The molecule has 2 heterocycles. The number of hydrogen-bond donors (Lipinski definition) is 0. The van der Waals surface area contributed by atoms with Crippen LogP contribution in [0.25, 0.3) is 6.08 Å². The third-order valence-electron chi connectivity index (χ3n) is 5.76. The van der Waals surface area contributed by atoms with Gasteiger partial charge in [0.1, 0.15) is 18.2 Å². The van der Waals surface area contributed by atoms with Gasteiger partial charge in [-0.05, 0) is 54.8 Å². The highest BCUT2D eigenvalue weighted by Gasteiger charge is 2.35. The fourth-order valence-electron chi connectivity index (χ4n) is 4.08. The first kappa shape index (κ1) is 21.1. The van der Waals surface area contributed by atoms with Gasteiger partial charge in [0.15, 0.2) is 5.76 Å². The minimum absolute atomic E-state index is 0.137. The summed E-state index contributed by atoms with van der Waals surface area (Å²) in [5.41, 5.74) is 5.53. The summed E-state index contributed by atoms with van der Waals surface area (Å²) >= 11 is 12.1. The van der Waals surface area contributed by atoms with E-state index in [1.54, 1.807) is 24.3 Å². The molecule has 32 heavy (non-hydrogen) atoms. The fourth-order valence-corrected chi connectivity index (χ4v) is 4.39. The number of rotatable bonds is 3. The number of halogens is 2. The normalized spacial score (nSPS) is 16.5. The van der Waals surface area contributed by atoms with Crippen molar-refractivity contribution in [2.24, 2.45) is 0 Å². The second kappa shape index (κ2) is 8.28. The van der Waals surface area contributed by atoms with E-state index >= 15 is 0 Å². The molecule has 2 aliphatic rings. The number of Topliss-reactive ketones (excluding diaryl/α,β-unsaturated/α-hetero) is 1. The SMILES string of the molecule is Cc1ccc(CN2COc3cc(C)c4c(c3C2)O/C(=C\c2ccc(Cl)c(Cl)c2)C4=O)cc1. The standard InChI is InChI=1S/C26H21Cl2NO3/c1-15-3-5-17(6-4-15)12-29-13-19-22(31-14-29)9-16(2)24-25(30)23(32-26(19)24)11-18-7-8-20(27)21(28)10-18/h3-11H,12-14H2,1-2H3/b23-11-. The zero-order valence-corrected chi connectivity index (χ0v) is 19.3. The van der Waals surface area contributed by atoms with E-state index in [0.717, 1.165) is 29.0 Å². The van der Waals surface area contributed by atoms with E-state index < -0.39 is 0 Å². The second-order valence-electron chi connectivity index (χ2n) is 8.23. The fraction of sp³-hybridized carbons (Fsp3) is 0.192. The number of nitrogens with zero attached hydrogens (tertiary/aromatic N) is 1. The van der Waals surface area contributed by atoms with Crippen LogP contribution in [-0.4, -0.2) is 17.4 Å². The van der Waals surface area contributed by atoms with E-state index in [2.05, 4.69) is 36.1 Å². The van der Waals surface area contributed by atoms with Gasteiger partial charge in [0.05, 0.1) is 21.2 Å². The maximum Gasteiger partial charge on any atom is 0.232 e. The summed E-state index contributed by atoms with van der Waals surface area (Å²) < 4.78 is 12.2. The lowest BCUT2D eigenvalue weighted by Crippen LogP contribution is -2.31. The van der Waals surface area contributed by atoms with Gasteiger partial charge in [-0.2, -0.15) is 0 Å². The Bertz CT molecular complexity index is 1270. The average Bonchev–Trinajstić information content (AvgIpc) is 3.10. The molecule has 0 saturated heterocycles. The van der Waals surface area contributed by atoms with Gasteiger partial charge in [-0.15, -0.1) is 0 Å². The van der Waals surface area contributed by atoms with Crippen molar-refractivity contribution in [1.29, 1.82) is 0 Å². The lowest BCUT2D eigenvalue weighted by molar-refractivity contribution is 0.0872. The Balaban J connectivity index is 1.46. The third kappa shape index (κ3) is 3.90. The molecule has 3 aromatic rings. The topological polar surface area (TPSA) is 38.8 Å². The smallest absolute Gasteiger partial charge is 0.232 e. The predicted molar refractivity (Wildman–Crippen MR) is 126 cm³/mol. The lowest BCUT2D eigenvalue weighted by Gasteiger charge is -2.30. The van der Waals surface area contributed by atoms with Crippen LogP contribution < -0.4 is 9.47 Å². The van der Waals surface area contributed by atoms with E-state index in [1.165, 1.54) is 11.1 Å². The predicted octanol–water partition coefficient (Wildman–Crippen LogP) is 6.58. The molecule has 0 spiro atoms. The molecular weight excluding hydrogens is 445 g/mol. The Morgan fingerprint density at radius 1 is 1.03 bits per heavy atom. The number of aryl methyl sites for hydroxylation is 2. The molecule has 5 rings (SSSR count). The molecule has 0 bridgehead atoms. The van der Waals surface area contributed by atoms with Crippen LogP contribution in [0.2, 0.25) is 10.0 Å². The van der Waals surface area contributed by atoms with Gasteiger partial charge >= 0.3 is 0 Å². The number of benzene rings is 3. The van der Waals surface area contributed by atoms with Crippen molar-refractivity contribution in [3.63, 3.8) is 0 Å². The summed E-state index contributed by atoms with van der Waals surface area (Å²) in [6.07, 6.45) is 1.70. The first-order valence-electron chi connectivity index (χ1n) is 10.4. The highest BCUT2D eigenvalue weighted by molar-refractivity contribution is 6.42. The number of allylic oxidation sites excluding steroid dienone is 1. The molecular formula is C26H21Cl2NO3. The quantitative estimate of drug-likeness (QED) is 0.409. The number of ketones is 1. The molecule has 162 valence electrons. The van der Waals surface area contributed by atoms with Crippen molar-refractivity contribution < 1.29 is 14.3 Å². The minimum Gasteiger partial charge on any atom is -0.478 e. The molecule has 0 aromatic heterocycles. The van der Waals surface area contributed by atoms with Gasteiger partial charge in [0.2, 0.25) is 5.78 Å². The molecule has 0 N–H and O–H groups in total. The number of carbonyl (C=O) groups excluding carboxylic acids is 1. The monoisotopic (exact) mass is 465 g/mol. The first-order valence-corrected chi connectivity index (χ1v) is 11.1. The highest BCUT2D eigenvalue weighted by atomic mass is 35.5. The van der Waals surface area contributed by atoms with Crippen molar-refractivity contribution in [2.45, 2.75) is 26.9 Å². The average molecular weight is 466 g/mol. The largest absolute Gasteiger partial charge is 0.478 e. The molecule has 2 aliphatic heterocycles. The lowest BCUT2D eigenvalue weighted by atomic mass is 9.98. The number of ether oxygens (including phenoxy) is 2. The summed E-state index contributed by atoms with van der Waals surface area (Å²) in [6.45, 7) is 5.86. The summed E-state index contributed by atoms with van der Waals surface area (Å²) in [5, 5.41) is 0.893. The van der Waals surface area contributed by atoms with Gasteiger partial charge < -0.3 is 9.47 Å². The van der Waals surface area contributed by atoms with Crippen LogP contribution in [0.4, 0.5) is 0 Å². The molecule has 3 aromatic carbocycles. The number of fused-ring (bicyclic) bond motifs is 3. The Labute approximate surface area is 197 Å². The maximum absolute atomic E-state index is 13.2. The molecule has 0 saturated carbocycles.